The molecule has 8 heteroatoms. The molecule has 0 bridgehead atoms. The highest BCUT2D eigenvalue weighted by molar-refractivity contribution is 7.29. The van der Waals surface area contributed by atoms with E-state index in [1.807, 2.05) is 30.0 Å². The Balaban J connectivity index is 1.68. The molecular formula is C16H21N3O3S2. The summed E-state index contributed by atoms with van der Waals surface area (Å²) in [6, 6.07) is 1.94. The largest absolute Gasteiger partial charge is 0.481 e. The third-order valence-electron chi connectivity index (χ3n) is 4.24. The first-order valence-electron chi connectivity index (χ1n) is 8.03. The Kier molecular flexibility index (Phi) is 5.05. The van der Waals surface area contributed by atoms with Crippen LogP contribution in [0.4, 0.5) is 5.13 Å². The van der Waals surface area contributed by atoms with E-state index in [9.17, 15) is 9.59 Å². The lowest BCUT2D eigenvalue weighted by molar-refractivity contribution is -0.137. The number of fused-ring (bicyclic) bond motifs is 1. The molecular weight excluding hydrogens is 346 g/mol. The van der Waals surface area contributed by atoms with Crippen molar-refractivity contribution < 1.29 is 14.7 Å². The van der Waals surface area contributed by atoms with Crippen molar-refractivity contribution in [3.63, 3.8) is 0 Å². The van der Waals surface area contributed by atoms with E-state index in [0.29, 0.717) is 18.9 Å². The molecule has 3 heterocycles. The van der Waals surface area contributed by atoms with Gasteiger partial charge in [-0.25, -0.2) is 4.98 Å². The van der Waals surface area contributed by atoms with Crippen LogP contribution >= 0.6 is 22.7 Å². The predicted octanol–water partition coefficient (Wildman–Crippen LogP) is 3.14. The number of rotatable bonds is 5. The fraction of sp³-hybridized carbons (Fsp3) is 0.562. The van der Waals surface area contributed by atoms with E-state index in [2.05, 4.69) is 4.98 Å². The number of anilines is 1. The molecule has 0 spiro atoms. The third-order valence-corrected chi connectivity index (χ3v) is 6.56. The molecule has 6 nitrogen and oxygen atoms in total. The van der Waals surface area contributed by atoms with Crippen LogP contribution < -0.4 is 4.90 Å². The minimum absolute atomic E-state index is 0.0524. The number of aliphatic carboxylic acids is 1. The number of carboxylic acid groups (broad SMARTS) is 1. The highest BCUT2D eigenvalue weighted by Crippen LogP contribution is 2.35. The average molecular weight is 367 g/mol. The van der Waals surface area contributed by atoms with Crippen LogP contribution in [0.25, 0.3) is 9.53 Å². The molecule has 0 aliphatic carbocycles. The van der Waals surface area contributed by atoms with Crippen LogP contribution in [-0.4, -0.2) is 54.1 Å². The molecule has 0 radical (unpaired) electrons. The molecule has 24 heavy (non-hydrogen) atoms. The van der Waals surface area contributed by atoms with E-state index in [4.69, 9.17) is 5.11 Å². The zero-order valence-electron chi connectivity index (χ0n) is 13.8. The molecule has 1 unspecified atom stereocenters. The van der Waals surface area contributed by atoms with Crippen molar-refractivity contribution in [3.8, 4) is 0 Å². The highest BCUT2D eigenvalue weighted by Gasteiger charge is 2.26. The number of likely N-dealkylation sites (tertiary alicyclic amines) is 1. The summed E-state index contributed by atoms with van der Waals surface area (Å²) in [5.74, 6) is -0.422. The number of aromatic nitrogens is 1. The first kappa shape index (κ1) is 17.2. The Morgan fingerprint density at radius 3 is 2.88 bits per heavy atom. The van der Waals surface area contributed by atoms with Gasteiger partial charge in [0.1, 0.15) is 4.83 Å². The van der Waals surface area contributed by atoms with Gasteiger partial charge < -0.3 is 14.9 Å². The molecule has 1 saturated heterocycles. The van der Waals surface area contributed by atoms with Gasteiger partial charge in [0.2, 0.25) is 0 Å². The van der Waals surface area contributed by atoms with Crippen molar-refractivity contribution in [1.82, 2.24) is 9.88 Å². The molecule has 1 atom stereocenters. The molecule has 1 fully saturated rings. The first-order chi connectivity index (χ1) is 11.4. The molecule has 0 saturated carbocycles. The predicted molar refractivity (Wildman–Crippen MR) is 97.3 cm³/mol. The quantitative estimate of drug-likeness (QED) is 0.879. The van der Waals surface area contributed by atoms with Gasteiger partial charge in [0.25, 0.3) is 5.91 Å². The lowest BCUT2D eigenvalue weighted by Gasteiger charge is -2.32. The number of carbonyl (C=O) groups is 2. The molecule has 3 rings (SSSR count). The number of hydrogen-bond donors (Lipinski definition) is 1. The van der Waals surface area contributed by atoms with E-state index in [1.54, 1.807) is 11.3 Å². The minimum atomic E-state index is -0.764. The van der Waals surface area contributed by atoms with Crippen LogP contribution in [0.2, 0.25) is 0 Å². The Hall–Kier alpha value is -1.67. The van der Waals surface area contributed by atoms with Crippen molar-refractivity contribution in [1.29, 1.82) is 0 Å². The number of carboxylic acids is 1. The van der Waals surface area contributed by atoms with Gasteiger partial charge in [-0.1, -0.05) is 11.3 Å². The summed E-state index contributed by atoms with van der Waals surface area (Å²) < 4.78 is 1.05. The van der Waals surface area contributed by atoms with Crippen molar-refractivity contribution in [2.24, 2.45) is 5.92 Å². The normalized spacial score (nSPS) is 18.1. The maximum atomic E-state index is 12.8. The Morgan fingerprint density at radius 1 is 1.42 bits per heavy atom. The highest BCUT2D eigenvalue weighted by atomic mass is 32.1. The maximum absolute atomic E-state index is 12.8. The number of amides is 1. The van der Waals surface area contributed by atoms with Crippen molar-refractivity contribution in [3.05, 3.63) is 10.9 Å². The summed E-state index contributed by atoms with van der Waals surface area (Å²) in [6.07, 6.45) is 2.77. The van der Waals surface area contributed by atoms with Crippen molar-refractivity contribution >= 4 is 49.2 Å². The number of thiophene rings is 1. The standard InChI is InChI=1S/C16H21N3O3S2/c1-18(2)16-17-14-11(24-16)8-12(23-14)15(22)19-7-3-4-10(9-19)5-6-13(20)21/h8,10H,3-7,9H2,1-2H3,(H,20,21). The van der Waals surface area contributed by atoms with Crippen LogP contribution in [0.3, 0.4) is 0 Å². The maximum Gasteiger partial charge on any atom is 0.303 e. The van der Waals surface area contributed by atoms with Gasteiger partial charge in [-0.05, 0) is 31.2 Å². The molecule has 130 valence electrons. The summed E-state index contributed by atoms with van der Waals surface area (Å²) in [6.45, 7) is 1.42. The number of thiazole rings is 1. The molecule has 2 aromatic rings. The summed E-state index contributed by atoms with van der Waals surface area (Å²) in [4.78, 5) is 33.5. The molecule has 1 aliphatic heterocycles. The lowest BCUT2D eigenvalue weighted by atomic mass is 9.93. The van der Waals surface area contributed by atoms with Gasteiger partial charge in [0.05, 0.1) is 9.58 Å². The van der Waals surface area contributed by atoms with Crippen molar-refractivity contribution in [2.75, 3.05) is 32.1 Å². The zero-order valence-corrected chi connectivity index (χ0v) is 15.5. The lowest BCUT2D eigenvalue weighted by Crippen LogP contribution is -2.39. The van der Waals surface area contributed by atoms with Gasteiger partial charge in [0.15, 0.2) is 5.13 Å². The third kappa shape index (κ3) is 3.70. The number of piperidine rings is 1. The zero-order chi connectivity index (χ0) is 17.3. The van der Waals surface area contributed by atoms with Gasteiger partial charge in [-0.2, -0.15) is 0 Å². The fourth-order valence-corrected chi connectivity index (χ4v) is 5.09. The van der Waals surface area contributed by atoms with Gasteiger partial charge in [-0.15, -0.1) is 11.3 Å². The molecule has 2 aromatic heterocycles. The Morgan fingerprint density at radius 2 is 2.21 bits per heavy atom. The van der Waals surface area contributed by atoms with E-state index in [-0.39, 0.29) is 12.3 Å². The molecule has 1 aliphatic rings. The summed E-state index contributed by atoms with van der Waals surface area (Å²) in [7, 11) is 3.92. The van der Waals surface area contributed by atoms with Gasteiger partial charge in [0, 0.05) is 33.6 Å². The molecule has 1 N–H and O–H groups in total. The van der Waals surface area contributed by atoms with E-state index in [0.717, 1.165) is 38.9 Å². The van der Waals surface area contributed by atoms with Crippen LogP contribution in [0.5, 0.6) is 0 Å². The number of nitrogens with zero attached hydrogens (tertiary/aromatic N) is 3. The van der Waals surface area contributed by atoms with Crippen molar-refractivity contribution in [2.45, 2.75) is 25.7 Å². The van der Waals surface area contributed by atoms with E-state index >= 15 is 0 Å². The van der Waals surface area contributed by atoms with Crippen LogP contribution in [0.1, 0.15) is 35.4 Å². The summed E-state index contributed by atoms with van der Waals surface area (Å²) >= 11 is 3.04. The van der Waals surface area contributed by atoms with E-state index in [1.165, 1.54) is 11.3 Å². The van der Waals surface area contributed by atoms with Crippen LogP contribution in [0.15, 0.2) is 6.07 Å². The summed E-state index contributed by atoms with van der Waals surface area (Å²) in [5.41, 5.74) is 0. The van der Waals surface area contributed by atoms with Crippen LogP contribution in [0, 0.1) is 5.92 Å². The summed E-state index contributed by atoms with van der Waals surface area (Å²) in [5, 5.41) is 9.77. The Labute approximate surface area is 148 Å². The fourth-order valence-electron chi connectivity index (χ4n) is 2.99. The van der Waals surface area contributed by atoms with E-state index < -0.39 is 5.97 Å². The minimum Gasteiger partial charge on any atom is -0.481 e. The second-order valence-electron chi connectivity index (χ2n) is 6.36. The first-order valence-corrected chi connectivity index (χ1v) is 9.66. The number of carbonyl (C=O) groups excluding carboxylic acids is 1. The van der Waals surface area contributed by atoms with Gasteiger partial charge >= 0.3 is 5.97 Å². The SMILES string of the molecule is CN(C)c1nc2sc(C(=O)N3CCCC(CCC(=O)O)C3)cc2s1. The molecule has 1 amide bonds. The smallest absolute Gasteiger partial charge is 0.303 e. The monoisotopic (exact) mass is 367 g/mol. The second-order valence-corrected chi connectivity index (χ2v) is 8.40. The average Bonchev–Trinajstić information content (AvgIpc) is 3.11. The topological polar surface area (TPSA) is 73.7 Å². The number of hydrogen-bond acceptors (Lipinski definition) is 6. The van der Waals surface area contributed by atoms with Gasteiger partial charge in [-0.3, -0.25) is 9.59 Å². The van der Waals surface area contributed by atoms with Crippen LogP contribution in [-0.2, 0) is 4.79 Å². The molecule has 0 aromatic carbocycles. The second kappa shape index (κ2) is 7.06. The Bertz CT molecular complexity index is 721.